The second-order valence-electron chi connectivity index (χ2n) is 6.50. The average Bonchev–Trinajstić information content (AvgIpc) is 3.07. The van der Waals surface area contributed by atoms with E-state index in [0.29, 0.717) is 5.75 Å². The molecule has 5 nitrogen and oxygen atoms in total. The minimum absolute atomic E-state index is 0.0451. The summed E-state index contributed by atoms with van der Waals surface area (Å²) in [5.74, 6) is 1.07. The SMILES string of the molecule is CCn1c(SCC(=O)Nc2cccc(C)c2C)nnc1-c1ccc(C)cc1. The fourth-order valence-corrected chi connectivity index (χ4v) is 3.60. The van der Waals surface area contributed by atoms with Crippen LogP contribution in [0.5, 0.6) is 0 Å². The van der Waals surface area contributed by atoms with Gasteiger partial charge in [0, 0.05) is 17.8 Å². The number of anilines is 1. The van der Waals surface area contributed by atoms with Crippen molar-refractivity contribution in [1.82, 2.24) is 14.8 Å². The second kappa shape index (κ2) is 8.39. The summed E-state index contributed by atoms with van der Waals surface area (Å²) in [6.45, 7) is 8.91. The van der Waals surface area contributed by atoms with Crippen molar-refractivity contribution in [2.24, 2.45) is 0 Å². The zero-order valence-electron chi connectivity index (χ0n) is 16.1. The Morgan fingerprint density at radius 3 is 2.52 bits per heavy atom. The van der Waals surface area contributed by atoms with Gasteiger partial charge < -0.3 is 9.88 Å². The van der Waals surface area contributed by atoms with Gasteiger partial charge >= 0.3 is 0 Å². The van der Waals surface area contributed by atoms with Gasteiger partial charge in [0.25, 0.3) is 0 Å². The number of nitrogens with one attached hydrogen (secondary N) is 1. The summed E-state index contributed by atoms with van der Waals surface area (Å²) in [5.41, 5.74) is 5.35. The third-order valence-electron chi connectivity index (χ3n) is 4.55. The molecule has 3 rings (SSSR count). The van der Waals surface area contributed by atoms with Crippen LogP contribution in [0, 0.1) is 20.8 Å². The lowest BCUT2D eigenvalue weighted by atomic mass is 10.1. The summed E-state index contributed by atoms with van der Waals surface area (Å²) in [6, 6.07) is 14.1. The van der Waals surface area contributed by atoms with E-state index in [1.165, 1.54) is 17.3 Å². The number of thioether (sulfide) groups is 1. The normalized spacial score (nSPS) is 10.8. The highest BCUT2D eigenvalue weighted by Gasteiger charge is 2.15. The summed E-state index contributed by atoms with van der Waals surface area (Å²) < 4.78 is 2.04. The van der Waals surface area contributed by atoms with Crippen molar-refractivity contribution in [3.63, 3.8) is 0 Å². The molecule has 3 aromatic rings. The Labute approximate surface area is 164 Å². The summed E-state index contributed by atoms with van der Waals surface area (Å²) in [4.78, 5) is 12.4. The Kier molecular flexibility index (Phi) is 5.96. The highest BCUT2D eigenvalue weighted by atomic mass is 32.2. The minimum atomic E-state index is -0.0451. The molecule has 1 aromatic heterocycles. The van der Waals surface area contributed by atoms with Gasteiger partial charge in [0.2, 0.25) is 5.91 Å². The van der Waals surface area contributed by atoms with Crippen LogP contribution in [0.3, 0.4) is 0 Å². The van der Waals surface area contributed by atoms with Crippen molar-refractivity contribution in [2.75, 3.05) is 11.1 Å². The first-order chi connectivity index (χ1) is 13.0. The van der Waals surface area contributed by atoms with E-state index >= 15 is 0 Å². The highest BCUT2D eigenvalue weighted by molar-refractivity contribution is 7.99. The monoisotopic (exact) mass is 380 g/mol. The van der Waals surface area contributed by atoms with Gasteiger partial charge in [-0.15, -0.1) is 10.2 Å². The zero-order chi connectivity index (χ0) is 19.4. The van der Waals surface area contributed by atoms with Gasteiger partial charge in [-0.3, -0.25) is 4.79 Å². The van der Waals surface area contributed by atoms with E-state index in [9.17, 15) is 4.79 Å². The second-order valence-corrected chi connectivity index (χ2v) is 7.44. The quantitative estimate of drug-likeness (QED) is 0.634. The molecule has 1 heterocycles. The topological polar surface area (TPSA) is 59.8 Å². The number of amides is 1. The van der Waals surface area contributed by atoms with Crippen LogP contribution in [0.1, 0.15) is 23.6 Å². The first-order valence-electron chi connectivity index (χ1n) is 8.98. The summed E-state index contributed by atoms with van der Waals surface area (Å²) in [5, 5.41) is 12.4. The van der Waals surface area contributed by atoms with Gasteiger partial charge in [0.1, 0.15) is 0 Å². The molecular weight excluding hydrogens is 356 g/mol. The Morgan fingerprint density at radius 1 is 1.07 bits per heavy atom. The van der Waals surface area contributed by atoms with Gasteiger partial charge in [-0.25, -0.2) is 0 Å². The maximum atomic E-state index is 12.4. The molecule has 0 atom stereocenters. The molecule has 1 N–H and O–H groups in total. The fraction of sp³-hybridized carbons (Fsp3) is 0.286. The first kappa shape index (κ1) is 19.2. The van der Waals surface area contributed by atoms with Crippen molar-refractivity contribution < 1.29 is 4.79 Å². The number of benzene rings is 2. The molecule has 0 aliphatic rings. The van der Waals surface area contributed by atoms with Crippen molar-refractivity contribution >= 4 is 23.4 Å². The lowest BCUT2D eigenvalue weighted by Gasteiger charge is -2.10. The third kappa shape index (κ3) is 4.39. The van der Waals surface area contributed by atoms with E-state index < -0.39 is 0 Å². The standard InChI is InChI=1S/C21H24N4OS/c1-5-25-20(17-11-9-14(2)10-12-17)23-24-21(25)27-13-19(26)22-18-8-6-7-15(3)16(18)4/h6-12H,5,13H2,1-4H3,(H,22,26). The molecule has 0 saturated carbocycles. The summed E-state index contributed by atoms with van der Waals surface area (Å²) in [7, 11) is 0. The first-order valence-corrected chi connectivity index (χ1v) is 9.97. The van der Waals surface area contributed by atoms with Crippen LogP contribution in [-0.4, -0.2) is 26.4 Å². The molecule has 0 saturated heterocycles. The Balaban J connectivity index is 1.70. The molecular formula is C21H24N4OS. The number of nitrogens with zero attached hydrogens (tertiary/aromatic N) is 3. The van der Waals surface area contributed by atoms with Crippen LogP contribution in [0.4, 0.5) is 5.69 Å². The van der Waals surface area contributed by atoms with Gasteiger partial charge in [0.15, 0.2) is 11.0 Å². The van der Waals surface area contributed by atoms with Gasteiger partial charge in [-0.2, -0.15) is 0 Å². The van der Waals surface area contributed by atoms with E-state index in [-0.39, 0.29) is 5.91 Å². The number of aryl methyl sites for hydroxylation is 2. The molecule has 6 heteroatoms. The molecule has 2 aromatic carbocycles. The Hall–Kier alpha value is -2.60. The predicted octanol–water partition coefficient (Wildman–Crippen LogP) is 4.62. The van der Waals surface area contributed by atoms with Crippen LogP contribution in [-0.2, 0) is 11.3 Å². The number of hydrogen-bond acceptors (Lipinski definition) is 4. The molecule has 0 radical (unpaired) electrons. The van der Waals surface area contributed by atoms with Crippen LogP contribution in [0.25, 0.3) is 11.4 Å². The molecule has 0 aliphatic carbocycles. The summed E-state index contributed by atoms with van der Waals surface area (Å²) in [6.07, 6.45) is 0. The largest absolute Gasteiger partial charge is 0.325 e. The molecule has 0 spiro atoms. The van der Waals surface area contributed by atoms with E-state index in [1.54, 1.807) is 0 Å². The molecule has 1 amide bonds. The zero-order valence-corrected chi connectivity index (χ0v) is 16.9. The molecule has 140 valence electrons. The highest BCUT2D eigenvalue weighted by Crippen LogP contribution is 2.25. The van der Waals surface area contributed by atoms with Crippen molar-refractivity contribution in [2.45, 2.75) is 39.4 Å². The predicted molar refractivity (Wildman–Crippen MR) is 111 cm³/mol. The molecule has 0 unspecified atom stereocenters. The van der Waals surface area contributed by atoms with Gasteiger partial charge in [0.05, 0.1) is 5.75 Å². The summed E-state index contributed by atoms with van der Waals surface area (Å²) >= 11 is 1.40. The number of hydrogen-bond donors (Lipinski definition) is 1. The van der Waals surface area contributed by atoms with Crippen molar-refractivity contribution in [3.05, 3.63) is 59.2 Å². The third-order valence-corrected chi connectivity index (χ3v) is 5.52. The van der Waals surface area contributed by atoms with Crippen molar-refractivity contribution in [1.29, 1.82) is 0 Å². The molecule has 27 heavy (non-hydrogen) atoms. The fourth-order valence-electron chi connectivity index (χ4n) is 2.80. The lowest BCUT2D eigenvalue weighted by molar-refractivity contribution is -0.113. The maximum absolute atomic E-state index is 12.4. The van der Waals surface area contributed by atoms with E-state index in [1.807, 2.05) is 48.7 Å². The van der Waals surface area contributed by atoms with Gasteiger partial charge in [-0.1, -0.05) is 53.7 Å². The van der Waals surface area contributed by atoms with E-state index in [4.69, 9.17) is 0 Å². The maximum Gasteiger partial charge on any atom is 0.234 e. The van der Waals surface area contributed by atoms with Crippen LogP contribution in [0.2, 0.25) is 0 Å². The Bertz CT molecular complexity index is 947. The smallest absolute Gasteiger partial charge is 0.234 e. The number of aromatic nitrogens is 3. The lowest BCUT2D eigenvalue weighted by Crippen LogP contribution is -2.15. The van der Waals surface area contributed by atoms with Crippen LogP contribution < -0.4 is 5.32 Å². The van der Waals surface area contributed by atoms with Crippen molar-refractivity contribution in [3.8, 4) is 11.4 Å². The van der Waals surface area contributed by atoms with E-state index in [2.05, 4.69) is 41.5 Å². The molecule has 0 aliphatic heterocycles. The average molecular weight is 381 g/mol. The van der Waals surface area contributed by atoms with Crippen LogP contribution >= 0.6 is 11.8 Å². The number of rotatable bonds is 6. The molecule has 0 fully saturated rings. The van der Waals surface area contributed by atoms with E-state index in [0.717, 1.165) is 39.9 Å². The number of carbonyl (C=O) groups is 1. The van der Waals surface area contributed by atoms with Gasteiger partial charge in [-0.05, 0) is 44.9 Å². The molecule has 0 bridgehead atoms. The Morgan fingerprint density at radius 2 is 1.81 bits per heavy atom. The number of carbonyl (C=O) groups excluding carboxylic acids is 1. The van der Waals surface area contributed by atoms with Crippen LogP contribution in [0.15, 0.2) is 47.6 Å². The minimum Gasteiger partial charge on any atom is -0.325 e.